The average molecular weight is 293 g/mol. The quantitative estimate of drug-likeness (QED) is 0.890. The van der Waals surface area contributed by atoms with E-state index in [0.29, 0.717) is 35.6 Å². The van der Waals surface area contributed by atoms with Crippen molar-refractivity contribution in [3.63, 3.8) is 0 Å². The third kappa shape index (κ3) is 2.23. The molecule has 3 heterocycles. The minimum atomic E-state index is -0.755. The van der Waals surface area contributed by atoms with Gasteiger partial charge in [-0.1, -0.05) is 0 Å². The highest BCUT2D eigenvalue weighted by Gasteiger charge is 2.35. The van der Waals surface area contributed by atoms with Crippen molar-refractivity contribution in [1.29, 1.82) is 0 Å². The number of thiophene rings is 1. The second kappa shape index (κ2) is 4.99. The maximum atomic E-state index is 11.9. The number of fused-ring (bicyclic) bond motifs is 1. The van der Waals surface area contributed by atoms with Crippen molar-refractivity contribution in [2.24, 2.45) is 5.92 Å². The molecule has 0 spiro atoms. The van der Waals surface area contributed by atoms with Crippen molar-refractivity contribution in [2.75, 3.05) is 6.54 Å². The molecule has 7 heteroatoms. The third-order valence-electron chi connectivity index (χ3n) is 3.92. The van der Waals surface area contributed by atoms with Crippen molar-refractivity contribution in [3.05, 3.63) is 27.6 Å². The molecule has 2 unspecified atom stereocenters. The van der Waals surface area contributed by atoms with Crippen LogP contribution in [0.2, 0.25) is 0 Å². The van der Waals surface area contributed by atoms with Crippen LogP contribution in [-0.2, 0) is 11.3 Å². The fourth-order valence-corrected chi connectivity index (χ4v) is 3.47. The molecule has 1 aliphatic heterocycles. The number of hydrogen-bond donors (Lipinski definition) is 2. The van der Waals surface area contributed by atoms with Crippen LogP contribution in [0.5, 0.6) is 0 Å². The summed E-state index contributed by atoms with van der Waals surface area (Å²) in [6.07, 6.45) is 0.640. The molecule has 1 aliphatic rings. The number of carboxylic acid groups (broad SMARTS) is 1. The number of carboxylic acids is 1. The van der Waals surface area contributed by atoms with Crippen molar-refractivity contribution in [3.8, 4) is 0 Å². The van der Waals surface area contributed by atoms with Crippen LogP contribution in [0.4, 0.5) is 0 Å². The molecule has 0 amide bonds. The second-order valence-electron chi connectivity index (χ2n) is 5.09. The van der Waals surface area contributed by atoms with Gasteiger partial charge in [-0.05, 0) is 31.3 Å². The lowest BCUT2D eigenvalue weighted by molar-refractivity contribution is -0.142. The highest BCUT2D eigenvalue weighted by molar-refractivity contribution is 7.17. The first-order valence-electron chi connectivity index (χ1n) is 6.49. The number of aromatic nitrogens is 2. The second-order valence-corrected chi connectivity index (χ2v) is 6.01. The van der Waals surface area contributed by atoms with Crippen molar-refractivity contribution < 1.29 is 9.90 Å². The van der Waals surface area contributed by atoms with Gasteiger partial charge in [0.05, 0.1) is 18.0 Å². The van der Waals surface area contributed by atoms with E-state index >= 15 is 0 Å². The van der Waals surface area contributed by atoms with E-state index in [1.54, 1.807) is 0 Å². The van der Waals surface area contributed by atoms with Crippen molar-refractivity contribution in [1.82, 2.24) is 14.9 Å². The molecule has 3 rings (SSSR count). The topological polar surface area (TPSA) is 86.3 Å². The summed E-state index contributed by atoms with van der Waals surface area (Å²) in [6, 6.07) is 1.78. The Labute approximate surface area is 119 Å². The van der Waals surface area contributed by atoms with E-state index in [4.69, 9.17) is 5.11 Å². The highest BCUT2D eigenvalue weighted by atomic mass is 32.1. The Morgan fingerprint density at radius 3 is 3.15 bits per heavy atom. The Kier molecular flexibility index (Phi) is 3.31. The maximum Gasteiger partial charge on any atom is 0.308 e. The predicted octanol–water partition coefficient (Wildman–Crippen LogP) is 1.28. The Morgan fingerprint density at radius 1 is 1.65 bits per heavy atom. The molecule has 0 saturated carbocycles. The number of carbonyl (C=O) groups is 1. The number of aromatic amines is 1. The molecule has 20 heavy (non-hydrogen) atoms. The molecular weight excluding hydrogens is 278 g/mol. The maximum absolute atomic E-state index is 11.9. The average Bonchev–Trinajstić information content (AvgIpc) is 2.97. The summed E-state index contributed by atoms with van der Waals surface area (Å²) in [5, 5.41) is 11.0. The van der Waals surface area contributed by atoms with Crippen LogP contribution in [0.3, 0.4) is 0 Å². The van der Waals surface area contributed by atoms with Gasteiger partial charge in [0.25, 0.3) is 5.56 Å². The zero-order valence-corrected chi connectivity index (χ0v) is 11.8. The number of aliphatic carboxylic acids is 1. The molecule has 1 saturated heterocycles. The Bertz CT molecular complexity index is 708. The zero-order chi connectivity index (χ0) is 14.3. The molecule has 2 aromatic rings. The summed E-state index contributed by atoms with van der Waals surface area (Å²) < 4.78 is 0.631. The smallest absolute Gasteiger partial charge is 0.308 e. The lowest BCUT2D eigenvalue weighted by Gasteiger charge is -2.22. The normalized spacial score (nSPS) is 23.4. The summed E-state index contributed by atoms with van der Waals surface area (Å²) in [5.74, 6) is -0.500. The van der Waals surface area contributed by atoms with Crippen LogP contribution in [0.1, 0.15) is 19.2 Å². The van der Waals surface area contributed by atoms with Gasteiger partial charge in [-0.3, -0.25) is 14.5 Å². The summed E-state index contributed by atoms with van der Waals surface area (Å²) >= 11 is 1.37. The zero-order valence-electron chi connectivity index (χ0n) is 11.0. The molecule has 0 radical (unpaired) electrons. The Morgan fingerprint density at radius 2 is 2.45 bits per heavy atom. The minimum Gasteiger partial charge on any atom is -0.481 e. The first-order chi connectivity index (χ1) is 9.56. The summed E-state index contributed by atoms with van der Waals surface area (Å²) in [4.78, 5) is 32.3. The van der Waals surface area contributed by atoms with Crippen LogP contribution in [0, 0.1) is 5.92 Å². The molecule has 2 atom stereocenters. The largest absolute Gasteiger partial charge is 0.481 e. The molecule has 6 nitrogen and oxygen atoms in total. The fourth-order valence-electron chi connectivity index (χ4n) is 2.75. The Hall–Kier alpha value is -1.73. The molecular formula is C13H15N3O3S. The molecule has 0 aromatic carbocycles. The molecule has 106 valence electrons. The number of likely N-dealkylation sites (tertiary alicyclic amines) is 1. The van der Waals surface area contributed by atoms with Gasteiger partial charge in [0.2, 0.25) is 0 Å². The van der Waals surface area contributed by atoms with Gasteiger partial charge in [-0.15, -0.1) is 11.3 Å². The van der Waals surface area contributed by atoms with Gasteiger partial charge in [0.1, 0.15) is 10.5 Å². The van der Waals surface area contributed by atoms with E-state index in [1.807, 2.05) is 18.4 Å². The van der Waals surface area contributed by atoms with E-state index in [2.05, 4.69) is 14.9 Å². The SMILES string of the molecule is CC1C(C(=O)O)CCN1Cc1nc2ccsc2c(=O)[nH]1. The number of hydrogen-bond acceptors (Lipinski definition) is 5. The first kappa shape index (κ1) is 13.3. The van der Waals surface area contributed by atoms with Gasteiger partial charge < -0.3 is 10.1 Å². The predicted molar refractivity (Wildman–Crippen MR) is 75.9 cm³/mol. The van der Waals surface area contributed by atoms with Gasteiger partial charge in [0, 0.05) is 6.04 Å². The summed E-state index contributed by atoms with van der Waals surface area (Å²) in [5.41, 5.74) is 0.581. The van der Waals surface area contributed by atoms with Crippen molar-refractivity contribution in [2.45, 2.75) is 25.9 Å². The number of nitrogens with zero attached hydrogens (tertiary/aromatic N) is 2. The molecule has 2 aromatic heterocycles. The Balaban J connectivity index is 1.83. The van der Waals surface area contributed by atoms with Crippen LogP contribution in [0.25, 0.3) is 10.2 Å². The van der Waals surface area contributed by atoms with Gasteiger partial charge in [-0.2, -0.15) is 0 Å². The number of rotatable bonds is 3. The summed E-state index contributed by atoms with van der Waals surface area (Å²) in [6.45, 7) is 3.10. The van der Waals surface area contributed by atoms with Crippen LogP contribution in [-0.4, -0.2) is 38.5 Å². The van der Waals surface area contributed by atoms with Crippen LogP contribution in [0.15, 0.2) is 16.2 Å². The molecule has 0 aliphatic carbocycles. The van der Waals surface area contributed by atoms with Gasteiger partial charge in [0.15, 0.2) is 0 Å². The molecule has 0 bridgehead atoms. The third-order valence-corrected chi connectivity index (χ3v) is 4.82. The van der Waals surface area contributed by atoms with Crippen LogP contribution >= 0.6 is 11.3 Å². The van der Waals surface area contributed by atoms with E-state index in [-0.39, 0.29) is 17.5 Å². The minimum absolute atomic E-state index is 0.0454. The van der Waals surface area contributed by atoms with Gasteiger partial charge >= 0.3 is 5.97 Å². The lowest BCUT2D eigenvalue weighted by atomic mass is 10.0. The fraction of sp³-hybridized carbons (Fsp3) is 0.462. The van der Waals surface area contributed by atoms with Crippen molar-refractivity contribution >= 4 is 27.5 Å². The summed E-state index contributed by atoms with van der Waals surface area (Å²) in [7, 11) is 0. The van der Waals surface area contributed by atoms with Gasteiger partial charge in [-0.25, -0.2) is 4.98 Å². The monoisotopic (exact) mass is 293 g/mol. The van der Waals surface area contributed by atoms with E-state index in [1.165, 1.54) is 11.3 Å². The number of nitrogens with one attached hydrogen (secondary N) is 1. The highest BCUT2D eigenvalue weighted by Crippen LogP contribution is 2.25. The van der Waals surface area contributed by atoms with E-state index in [0.717, 1.165) is 0 Å². The molecule has 1 fully saturated rings. The van der Waals surface area contributed by atoms with Crippen LogP contribution < -0.4 is 5.56 Å². The lowest BCUT2D eigenvalue weighted by Crippen LogP contribution is -2.33. The van der Waals surface area contributed by atoms with E-state index < -0.39 is 5.97 Å². The molecule has 2 N–H and O–H groups in total. The first-order valence-corrected chi connectivity index (χ1v) is 7.37. The van der Waals surface area contributed by atoms with E-state index in [9.17, 15) is 9.59 Å². The number of H-pyrrole nitrogens is 1. The standard InChI is InChI=1S/C13H15N3O3S/c1-7-8(13(18)19)2-4-16(7)6-10-14-9-3-5-20-11(9)12(17)15-10/h3,5,7-8H,2,4,6H2,1H3,(H,18,19)(H,14,15,17).